The third kappa shape index (κ3) is 12.9. The number of amides is 4. The normalized spacial score (nSPS) is 23.9. The van der Waals surface area contributed by atoms with Gasteiger partial charge in [0, 0.05) is 67.1 Å². The van der Waals surface area contributed by atoms with Crippen LogP contribution in [0.15, 0.2) is 29.6 Å². The van der Waals surface area contributed by atoms with Crippen LogP contribution < -0.4 is 36.1 Å². The standard InChI is InChI=1S/C46H69N9O9S2/c1-27(2)47-18-19-54(66(61)62)25-39(45(5,6)7)52-43(60)50-33-15-13-11-9-10-12-14-29-23-46(29,42(58)59)53-40(56)37-21-31(24-55(37)41(33)57)64-38-22-35(36-26-65-44(51-36)48-28(3)4)49-34-20-30(63-8)16-17-32(34)38/h16-17,20,22,26-29,31,33,37,39,47H,9-15,18-19,21,23-25H2,1-8H3,(H,48,51)(H,53,56)(H,58,59)(H,61,62)(H2,50,52,60)/t29?,31-,33+,37+,39-,46-/m1/s1. The van der Waals surface area contributed by atoms with E-state index in [1.807, 2.05) is 59.9 Å². The number of nitrogens with one attached hydrogen (secondary N) is 5. The van der Waals surface area contributed by atoms with Crippen molar-refractivity contribution in [3.8, 4) is 22.9 Å². The van der Waals surface area contributed by atoms with Gasteiger partial charge < -0.3 is 46.1 Å². The molecule has 364 valence electrons. The average molecular weight is 956 g/mol. The van der Waals surface area contributed by atoms with Gasteiger partial charge in [0.2, 0.25) is 23.1 Å². The van der Waals surface area contributed by atoms with Crippen molar-refractivity contribution in [1.82, 2.24) is 40.4 Å². The fourth-order valence-electron chi connectivity index (χ4n) is 8.78. The number of carboxylic acids is 1. The molecule has 7 atom stereocenters. The van der Waals surface area contributed by atoms with Crippen molar-refractivity contribution < 1.29 is 42.5 Å². The monoisotopic (exact) mass is 955 g/mol. The third-order valence-corrected chi connectivity index (χ3v) is 14.2. The molecule has 4 amide bonds. The van der Waals surface area contributed by atoms with Crippen LogP contribution >= 0.6 is 11.3 Å². The molecule has 6 rings (SSSR count). The third-order valence-electron chi connectivity index (χ3n) is 12.7. The molecule has 3 aromatic rings. The van der Waals surface area contributed by atoms with Crippen LogP contribution in [0.3, 0.4) is 0 Å². The van der Waals surface area contributed by atoms with E-state index in [1.165, 1.54) is 20.5 Å². The number of thiazole rings is 1. The van der Waals surface area contributed by atoms with E-state index < -0.39 is 70.3 Å². The van der Waals surface area contributed by atoms with Gasteiger partial charge in [-0.05, 0) is 56.6 Å². The summed E-state index contributed by atoms with van der Waals surface area (Å²) in [7, 11) is 1.57. The van der Waals surface area contributed by atoms with Crippen LogP contribution in [0.25, 0.3) is 22.3 Å². The van der Waals surface area contributed by atoms with Crippen LogP contribution in [0.2, 0.25) is 0 Å². The number of ether oxygens (including phenoxy) is 2. The van der Waals surface area contributed by atoms with E-state index in [1.54, 1.807) is 25.3 Å². The second kappa shape index (κ2) is 22.0. The molecular weight excluding hydrogens is 887 g/mol. The maximum absolute atomic E-state index is 15.0. The Labute approximate surface area is 394 Å². The topological polar surface area (TPSA) is 237 Å². The molecule has 3 aliphatic rings. The number of pyridine rings is 1. The van der Waals surface area contributed by atoms with Crippen molar-refractivity contribution in [2.24, 2.45) is 11.3 Å². The number of carbonyl (C=O) groups excluding carboxylic acids is 3. The molecule has 1 saturated carbocycles. The number of benzene rings is 1. The van der Waals surface area contributed by atoms with Crippen LogP contribution in [0.4, 0.5) is 9.93 Å². The van der Waals surface area contributed by atoms with Crippen LogP contribution in [-0.2, 0) is 25.7 Å². The quantitative estimate of drug-likeness (QED) is 0.0848. The Morgan fingerprint density at radius 3 is 2.44 bits per heavy atom. The number of anilines is 1. The van der Waals surface area contributed by atoms with Crippen LogP contribution in [0.1, 0.15) is 106 Å². The van der Waals surface area contributed by atoms with Gasteiger partial charge >= 0.3 is 12.0 Å². The van der Waals surface area contributed by atoms with E-state index in [9.17, 15) is 33.0 Å². The summed E-state index contributed by atoms with van der Waals surface area (Å²) in [6.45, 7) is 14.5. The lowest BCUT2D eigenvalue weighted by atomic mass is 9.86. The highest BCUT2D eigenvalue weighted by molar-refractivity contribution is 7.76. The highest BCUT2D eigenvalue weighted by Gasteiger charge is 2.62. The number of rotatable bonds is 16. The molecule has 3 fully saturated rings. The Morgan fingerprint density at radius 1 is 1.05 bits per heavy atom. The maximum Gasteiger partial charge on any atom is 0.329 e. The predicted molar refractivity (Wildman–Crippen MR) is 256 cm³/mol. The van der Waals surface area contributed by atoms with Gasteiger partial charge in [-0.25, -0.2) is 23.8 Å². The summed E-state index contributed by atoms with van der Waals surface area (Å²) in [4.78, 5) is 67.4. The molecule has 18 nitrogen and oxygen atoms in total. The molecule has 1 aliphatic carbocycles. The fourth-order valence-corrected chi connectivity index (χ4v) is 10.2. The van der Waals surface area contributed by atoms with Crippen LogP contribution in [-0.4, -0.2) is 132 Å². The largest absolute Gasteiger partial charge is 0.497 e. The smallest absolute Gasteiger partial charge is 0.329 e. The number of hydrogen-bond donors (Lipinski definition) is 7. The number of urea groups is 1. The molecule has 0 bridgehead atoms. The first-order chi connectivity index (χ1) is 31.3. The molecule has 1 aromatic carbocycles. The minimum Gasteiger partial charge on any atom is -0.497 e. The number of carbonyl (C=O) groups is 4. The maximum atomic E-state index is 15.0. The van der Waals surface area contributed by atoms with E-state index in [0.29, 0.717) is 66.0 Å². The number of carboxylic acid groups (broad SMARTS) is 1. The molecule has 7 N–H and O–H groups in total. The first-order valence-corrected chi connectivity index (χ1v) is 25.1. The average Bonchev–Trinajstić information content (AvgIpc) is 3.51. The van der Waals surface area contributed by atoms with Gasteiger partial charge in [0.15, 0.2) is 5.13 Å². The summed E-state index contributed by atoms with van der Waals surface area (Å²) < 4.78 is 36.3. The van der Waals surface area contributed by atoms with Gasteiger partial charge in [-0.2, -0.15) is 4.31 Å². The number of methoxy groups -OCH3 is 1. The zero-order valence-electron chi connectivity index (χ0n) is 39.5. The predicted octanol–water partition coefficient (Wildman–Crippen LogP) is 5.76. The van der Waals surface area contributed by atoms with E-state index in [-0.39, 0.29) is 44.1 Å². The number of aliphatic carboxylic acids is 1. The molecule has 2 unspecified atom stereocenters. The number of hydrogen-bond acceptors (Lipinski definition) is 12. The summed E-state index contributed by atoms with van der Waals surface area (Å²) >= 11 is -0.854. The lowest BCUT2D eigenvalue weighted by molar-refractivity contribution is -0.145. The molecule has 2 saturated heterocycles. The Hall–Kier alpha value is -4.63. The number of aromatic nitrogens is 2. The number of fused-ring (bicyclic) bond motifs is 3. The molecule has 0 radical (unpaired) electrons. The molecule has 20 heteroatoms. The van der Waals surface area contributed by atoms with Gasteiger partial charge in [0.25, 0.3) is 0 Å². The second-order valence-electron chi connectivity index (χ2n) is 19.5. The minimum atomic E-state index is -2.31. The lowest BCUT2D eigenvalue weighted by Gasteiger charge is -2.35. The molecule has 4 heterocycles. The molecular formula is C46H69N9O9S2. The molecule has 2 aliphatic heterocycles. The van der Waals surface area contributed by atoms with Crippen molar-refractivity contribution in [2.75, 3.05) is 38.6 Å². The number of nitrogens with zero attached hydrogens (tertiary/aromatic N) is 4. The summed E-state index contributed by atoms with van der Waals surface area (Å²) in [5.74, 6) is -1.36. The molecule has 0 spiro atoms. The Kier molecular flexibility index (Phi) is 16.9. The highest BCUT2D eigenvalue weighted by atomic mass is 32.2. The summed E-state index contributed by atoms with van der Waals surface area (Å²) in [6, 6.07) is 4.19. The SMILES string of the molecule is COc1ccc2c(O[C@@H]3C[C@H]4C(=O)N[C@]5(C(=O)O)CC5CCCCCCC[C@H](NC(=O)N[C@H](CN(CCNC(C)C)S(=O)O)C(C)(C)C)C(=O)N4C3)cc(-c3csc(NC(C)C)n3)nc2c1. The molecule has 2 aromatic heterocycles. The Morgan fingerprint density at radius 2 is 1.77 bits per heavy atom. The van der Waals surface area contributed by atoms with E-state index >= 15 is 0 Å². The van der Waals surface area contributed by atoms with Crippen LogP contribution in [0, 0.1) is 11.3 Å². The van der Waals surface area contributed by atoms with E-state index in [2.05, 4.69) is 26.6 Å². The zero-order chi connectivity index (χ0) is 47.9. The van der Waals surface area contributed by atoms with Crippen molar-refractivity contribution >= 4 is 62.5 Å². The lowest BCUT2D eigenvalue weighted by Crippen LogP contribution is -2.59. The van der Waals surface area contributed by atoms with Gasteiger partial charge in [-0.1, -0.05) is 66.7 Å². The second-order valence-corrected chi connectivity index (χ2v) is 21.4. The van der Waals surface area contributed by atoms with Crippen molar-refractivity contribution in [3.05, 3.63) is 29.6 Å². The molecule has 66 heavy (non-hydrogen) atoms. The summed E-state index contributed by atoms with van der Waals surface area (Å²) in [6.07, 6.45) is 4.56. The van der Waals surface area contributed by atoms with Crippen molar-refractivity contribution in [1.29, 1.82) is 0 Å². The minimum absolute atomic E-state index is 0.0268. The van der Waals surface area contributed by atoms with Crippen molar-refractivity contribution in [3.63, 3.8) is 0 Å². The summed E-state index contributed by atoms with van der Waals surface area (Å²) in [5, 5.41) is 29.1. The highest BCUT2D eigenvalue weighted by Crippen LogP contribution is 2.48. The zero-order valence-corrected chi connectivity index (χ0v) is 41.1. The van der Waals surface area contributed by atoms with Gasteiger partial charge in [-0.15, -0.1) is 11.3 Å². The first kappa shape index (κ1) is 50.8. The Bertz CT molecular complexity index is 2220. The van der Waals surface area contributed by atoms with Gasteiger partial charge in [0.1, 0.15) is 40.9 Å². The van der Waals surface area contributed by atoms with Crippen molar-refractivity contribution in [2.45, 2.75) is 148 Å². The van der Waals surface area contributed by atoms with Crippen LogP contribution in [0.5, 0.6) is 11.5 Å². The summed E-state index contributed by atoms with van der Waals surface area (Å²) in [5.41, 5.74) is -0.209. The van der Waals surface area contributed by atoms with E-state index in [4.69, 9.17) is 19.4 Å². The fraction of sp³-hybridized carbons (Fsp3) is 0.652. The van der Waals surface area contributed by atoms with Gasteiger partial charge in [-0.3, -0.25) is 14.1 Å². The Balaban J connectivity index is 1.30. The first-order valence-electron chi connectivity index (χ1n) is 23.2. The van der Waals surface area contributed by atoms with Gasteiger partial charge in [0.05, 0.1) is 24.9 Å². The van der Waals surface area contributed by atoms with E-state index in [0.717, 1.165) is 30.8 Å².